The van der Waals surface area contributed by atoms with E-state index in [0.717, 1.165) is 18.7 Å². The number of halogens is 3. The highest BCUT2D eigenvalue weighted by molar-refractivity contribution is 6.32. The van der Waals surface area contributed by atoms with Gasteiger partial charge in [0, 0.05) is 0 Å². The van der Waals surface area contributed by atoms with Crippen molar-refractivity contribution in [3.63, 3.8) is 0 Å². The highest BCUT2D eigenvalue weighted by atomic mass is 35.5. The second-order valence-corrected chi connectivity index (χ2v) is 5.46. The lowest BCUT2D eigenvalue weighted by Gasteiger charge is -2.32. The molecule has 0 spiro atoms. The van der Waals surface area contributed by atoms with Crippen LogP contribution in [0.15, 0.2) is 18.2 Å². The van der Waals surface area contributed by atoms with Crippen molar-refractivity contribution in [2.75, 3.05) is 13.1 Å². The van der Waals surface area contributed by atoms with E-state index in [1.165, 1.54) is 6.07 Å². The first-order valence-corrected chi connectivity index (χ1v) is 7.03. The van der Waals surface area contributed by atoms with E-state index in [2.05, 4.69) is 10.1 Å². The molecule has 0 amide bonds. The van der Waals surface area contributed by atoms with E-state index in [1.807, 2.05) is 0 Å². The molecule has 20 heavy (non-hydrogen) atoms. The molecule has 1 aliphatic heterocycles. The van der Waals surface area contributed by atoms with Gasteiger partial charge in [-0.05, 0) is 50.4 Å². The normalized spacial score (nSPS) is 18.2. The van der Waals surface area contributed by atoms with Gasteiger partial charge in [0.1, 0.15) is 5.75 Å². The van der Waals surface area contributed by atoms with E-state index < -0.39 is 12.2 Å². The second-order valence-electron chi connectivity index (χ2n) is 5.08. The molecule has 1 heterocycles. The van der Waals surface area contributed by atoms with E-state index in [0.29, 0.717) is 25.7 Å². The third-order valence-electron chi connectivity index (χ3n) is 3.65. The van der Waals surface area contributed by atoms with Gasteiger partial charge in [0.05, 0.1) is 10.6 Å². The maximum atomic E-state index is 12.2. The van der Waals surface area contributed by atoms with Crippen LogP contribution in [0.2, 0.25) is 5.02 Å². The molecule has 0 atom stereocenters. The maximum absolute atomic E-state index is 12.2. The van der Waals surface area contributed by atoms with Crippen molar-refractivity contribution in [2.24, 2.45) is 0 Å². The van der Waals surface area contributed by atoms with E-state index in [9.17, 15) is 13.9 Å². The molecule has 2 N–H and O–H groups in total. The third kappa shape index (κ3) is 4.04. The molecule has 1 aromatic rings. The van der Waals surface area contributed by atoms with E-state index in [4.69, 9.17) is 11.6 Å². The van der Waals surface area contributed by atoms with Gasteiger partial charge in [0.15, 0.2) is 0 Å². The Bertz CT molecular complexity index is 451. The Morgan fingerprint density at radius 3 is 2.70 bits per heavy atom. The van der Waals surface area contributed by atoms with Crippen LogP contribution in [-0.2, 0) is 6.42 Å². The first kappa shape index (κ1) is 15.5. The Kier molecular flexibility index (Phi) is 5.18. The van der Waals surface area contributed by atoms with Crippen molar-refractivity contribution in [2.45, 2.75) is 37.9 Å². The van der Waals surface area contributed by atoms with Gasteiger partial charge in [-0.25, -0.2) is 0 Å². The molecular weight excluding hydrogens is 288 g/mol. The summed E-state index contributed by atoms with van der Waals surface area (Å²) in [6.45, 7) is -1.31. The van der Waals surface area contributed by atoms with Crippen molar-refractivity contribution < 1.29 is 18.6 Å². The number of rotatable bonds is 5. The van der Waals surface area contributed by atoms with Crippen LogP contribution >= 0.6 is 11.6 Å². The molecular formula is C14H18ClF2NO2. The van der Waals surface area contributed by atoms with Crippen molar-refractivity contribution in [1.29, 1.82) is 0 Å². The first-order valence-electron chi connectivity index (χ1n) is 6.65. The number of hydrogen-bond donors (Lipinski definition) is 2. The minimum atomic E-state index is -2.89. The third-order valence-corrected chi connectivity index (χ3v) is 4.08. The van der Waals surface area contributed by atoms with Gasteiger partial charge >= 0.3 is 6.61 Å². The summed E-state index contributed by atoms with van der Waals surface area (Å²) in [5.41, 5.74) is 0.0190. The average Bonchev–Trinajstić information content (AvgIpc) is 2.40. The highest BCUT2D eigenvalue weighted by Crippen LogP contribution is 2.32. The van der Waals surface area contributed by atoms with Gasteiger partial charge in [-0.15, -0.1) is 0 Å². The summed E-state index contributed by atoms with van der Waals surface area (Å²) < 4.78 is 28.8. The summed E-state index contributed by atoms with van der Waals surface area (Å²) in [5, 5.41) is 13.8. The smallest absolute Gasteiger partial charge is 0.387 e. The topological polar surface area (TPSA) is 41.5 Å². The maximum Gasteiger partial charge on any atom is 0.387 e. The predicted molar refractivity (Wildman–Crippen MR) is 73.5 cm³/mol. The number of hydrogen-bond acceptors (Lipinski definition) is 3. The molecule has 1 fully saturated rings. The SMILES string of the molecule is OC1(CCc2cccc(OC(F)F)c2Cl)CCNCC1. The lowest BCUT2D eigenvalue weighted by atomic mass is 9.86. The first-order chi connectivity index (χ1) is 9.50. The zero-order valence-electron chi connectivity index (χ0n) is 11.0. The van der Waals surface area contributed by atoms with Crippen LogP contribution in [0.5, 0.6) is 5.75 Å². The molecule has 0 radical (unpaired) electrons. The molecule has 0 saturated carbocycles. The van der Waals surface area contributed by atoms with Crippen molar-refractivity contribution in [1.82, 2.24) is 5.32 Å². The van der Waals surface area contributed by atoms with Crippen LogP contribution < -0.4 is 10.1 Å². The Hall–Kier alpha value is -0.910. The molecule has 0 bridgehead atoms. The van der Waals surface area contributed by atoms with Crippen LogP contribution in [0.4, 0.5) is 8.78 Å². The molecule has 2 rings (SSSR count). The number of nitrogens with one attached hydrogen (secondary N) is 1. The summed E-state index contributed by atoms with van der Waals surface area (Å²) in [7, 11) is 0. The molecule has 3 nitrogen and oxygen atoms in total. The molecule has 0 aromatic heterocycles. The predicted octanol–water partition coefficient (Wildman–Crippen LogP) is 2.99. The largest absolute Gasteiger partial charge is 0.433 e. The van der Waals surface area contributed by atoms with E-state index >= 15 is 0 Å². The van der Waals surface area contributed by atoms with Crippen molar-refractivity contribution in [3.8, 4) is 5.75 Å². The van der Waals surface area contributed by atoms with Crippen LogP contribution in [0.1, 0.15) is 24.8 Å². The summed E-state index contributed by atoms with van der Waals surface area (Å²) in [4.78, 5) is 0. The van der Waals surface area contributed by atoms with Crippen LogP contribution in [0.3, 0.4) is 0 Å². The van der Waals surface area contributed by atoms with Crippen molar-refractivity contribution >= 4 is 11.6 Å². The molecule has 0 aliphatic carbocycles. The number of alkyl halides is 2. The molecule has 1 aromatic carbocycles. The lowest BCUT2D eigenvalue weighted by Crippen LogP contribution is -2.42. The Labute approximate surface area is 121 Å². The van der Waals surface area contributed by atoms with Gasteiger partial charge in [-0.3, -0.25) is 0 Å². The van der Waals surface area contributed by atoms with Crippen LogP contribution in [0.25, 0.3) is 0 Å². The molecule has 1 saturated heterocycles. The Balaban J connectivity index is 2.02. The van der Waals surface area contributed by atoms with Gasteiger partial charge in [-0.2, -0.15) is 8.78 Å². The second kappa shape index (κ2) is 6.70. The average molecular weight is 306 g/mol. The Morgan fingerprint density at radius 2 is 2.05 bits per heavy atom. The van der Waals surface area contributed by atoms with Crippen molar-refractivity contribution in [3.05, 3.63) is 28.8 Å². The summed E-state index contributed by atoms with van der Waals surface area (Å²) >= 11 is 6.06. The monoisotopic (exact) mass is 305 g/mol. The van der Waals surface area contributed by atoms with Gasteiger partial charge in [0.25, 0.3) is 0 Å². The molecule has 1 aliphatic rings. The fourth-order valence-electron chi connectivity index (χ4n) is 2.45. The minimum absolute atomic E-state index is 0.0172. The van der Waals surface area contributed by atoms with E-state index in [1.54, 1.807) is 12.1 Å². The number of ether oxygens (including phenoxy) is 1. The summed E-state index contributed by atoms with van der Waals surface area (Å²) in [5.74, 6) is -0.0172. The standard InChI is InChI=1S/C14H18ClF2NO2/c15-12-10(2-1-3-11(12)20-13(16)17)4-5-14(19)6-8-18-9-7-14/h1-3,13,18-19H,4-9H2. The highest BCUT2D eigenvalue weighted by Gasteiger charge is 2.28. The van der Waals surface area contributed by atoms with Gasteiger partial charge in [0.2, 0.25) is 0 Å². The number of aliphatic hydroxyl groups is 1. The molecule has 112 valence electrons. The number of benzene rings is 1. The zero-order valence-corrected chi connectivity index (χ0v) is 11.8. The Morgan fingerprint density at radius 1 is 1.35 bits per heavy atom. The fraction of sp³-hybridized carbons (Fsp3) is 0.571. The fourth-order valence-corrected chi connectivity index (χ4v) is 2.71. The molecule has 6 heteroatoms. The summed E-state index contributed by atoms with van der Waals surface area (Å²) in [6, 6.07) is 4.81. The minimum Gasteiger partial charge on any atom is -0.433 e. The number of piperidine rings is 1. The zero-order chi connectivity index (χ0) is 14.6. The lowest BCUT2D eigenvalue weighted by molar-refractivity contribution is -0.0498. The summed E-state index contributed by atoms with van der Waals surface area (Å²) in [6.07, 6.45) is 2.48. The number of aryl methyl sites for hydroxylation is 1. The molecule has 0 unspecified atom stereocenters. The van der Waals surface area contributed by atoms with Crippen LogP contribution in [-0.4, -0.2) is 30.4 Å². The quantitative estimate of drug-likeness (QED) is 0.879. The van der Waals surface area contributed by atoms with E-state index in [-0.39, 0.29) is 10.8 Å². The van der Waals surface area contributed by atoms with Crippen LogP contribution in [0, 0.1) is 0 Å². The van der Waals surface area contributed by atoms with Gasteiger partial charge in [-0.1, -0.05) is 23.7 Å². The van der Waals surface area contributed by atoms with Gasteiger partial charge < -0.3 is 15.2 Å².